The van der Waals surface area contributed by atoms with Crippen LogP contribution < -0.4 is 5.32 Å². The predicted octanol–water partition coefficient (Wildman–Crippen LogP) is 4.83. The van der Waals surface area contributed by atoms with Gasteiger partial charge in [0, 0.05) is 17.7 Å². The number of fused-ring (bicyclic) bond motifs is 1. The molecule has 0 spiro atoms. The van der Waals surface area contributed by atoms with E-state index in [1.165, 1.54) is 11.3 Å². The fourth-order valence-electron chi connectivity index (χ4n) is 2.29. The van der Waals surface area contributed by atoms with Gasteiger partial charge in [0.2, 0.25) is 0 Å². The van der Waals surface area contributed by atoms with Gasteiger partial charge in [-0.15, -0.1) is 11.3 Å². The Morgan fingerprint density at radius 3 is 2.80 bits per heavy atom. The molecule has 2 heterocycles. The molecule has 20 heavy (non-hydrogen) atoms. The quantitative estimate of drug-likeness (QED) is 0.731. The van der Waals surface area contributed by atoms with Crippen LogP contribution in [0.15, 0.2) is 24.3 Å². The van der Waals surface area contributed by atoms with E-state index >= 15 is 0 Å². The first-order chi connectivity index (χ1) is 9.56. The summed E-state index contributed by atoms with van der Waals surface area (Å²) >= 11 is 17.2. The van der Waals surface area contributed by atoms with E-state index in [2.05, 4.69) is 21.2 Å². The highest BCUT2D eigenvalue weighted by Crippen LogP contribution is 2.41. The van der Waals surface area contributed by atoms with Crippen LogP contribution >= 0.6 is 50.5 Å². The molecule has 1 amide bonds. The summed E-state index contributed by atoms with van der Waals surface area (Å²) in [5.74, 6) is -0.0118. The van der Waals surface area contributed by atoms with E-state index in [-0.39, 0.29) is 10.7 Å². The van der Waals surface area contributed by atoms with Gasteiger partial charge >= 0.3 is 0 Å². The van der Waals surface area contributed by atoms with Crippen LogP contribution in [0.25, 0.3) is 0 Å². The highest BCUT2D eigenvalue weighted by Gasteiger charge is 2.21. The van der Waals surface area contributed by atoms with E-state index in [0.717, 1.165) is 28.7 Å². The summed E-state index contributed by atoms with van der Waals surface area (Å²) in [4.78, 5) is 11.8. The number of thiophene rings is 1. The Morgan fingerprint density at radius 1 is 1.30 bits per heavy atom. The molecule has 2 nitrogen and oxygen atoms in total. The van der Waals surface area contributed by atoms with Crippen molar-refractivity contribution in [2.75, 3.05) is 6.54 Å². The molecule has 0 aliphatic carbocycles. The summed E-state index contributed by atoms with van der Waals surface area (Å²) < 4.78 is 1.32. The van der Waals surface area contributed by atoms with E-state index in [9.17, 15) is 4.79 Å². The third kappa shape index (κ3) is 2.62. The largest absolute Gasteiger partial charge is 0.352 e. The summed E-state index contributed by atoms with van der Waals surface area (Å²) in [6, 6.07) is 7.82. The van der Waals surface area contributed by atoms with Gasteiger partial charge in [-0.3, -0.25) is 4.79 Å². The maximum atomic E-state index is 11.9. The highest BCUT2D eigenvalue weighted by atomic mass is 79.9. The lowest BCUT2D eigenvalue weighted by Gasteiger charge is -2.18. The van der Waals surface area contributed by atoms with Crippen molar-refractivity contribution >= 4 is 56.4 Å². The van der Waals surface area contributed by atoms with E-state index < -0.39 is 0 Å². The second kappa shape index (κ2) is 5.68. The molecule has 0 radical (unpaired) electrons. The van der Waals surface area contributed by atoms with Crippen LogP contribution in [0.5, 0.6) is 0 Å². The average Bonchev–Trinajstić information content (AvgIpc) is 2.77. The molecular weight excluding hydrogens is 381 g/mol. The molecule has 2 aromatic rings. The number of nitrogens with one attached hydrogen (secondary N) is 1. The number of amides is 1. The molecule has 104 valence electrons. The van der Waals surface area contributed by atoms with Gasteiger partial charge in [0.05, 0.1) is 13.5 Å². The summed E-state index contributed by atoms with van der Waals surface area (Å²) in [6.07, 6.45) is 0.874. The monoisotopic (exact) mass is 389 g/mol. The molecule has 1 aromatic carbocycles. The van der Waals surface area contributed by atoms with Crippen molar-refractivity contribution in [2.24, 2.45) is 0 Å². The Labute approximate surface area is 139 Å². The molecule has 0 saturated carbocycles. The fraction of sp³-hybridized carbons (Fsp3) is 0.214. The predicted molar refractivity (Wildman–Crippen MR) is 87.6 cm³/mol. The molecule has 0 fully saturated rings. The maximum absolute atomic E-state index is 11.9. The van der Waals surface area contributed by atoms with Crippen LogP contribution in [0.1, 0.15) is 31.9 Å². The Morgan fingerprint density at radius 2 is 2.10 bits per heavy atom. The van der Waals surface area contributed by atoms with Crippen molar-refractivity contribution < 1.29 is 4.79 Å². The van der Waals surface area contributed by atoms with E-state index in [0.29, 0.717) is 15.2 Å². The van der Waals surface area contributed by atoms with Gasteiger partial charge in [-0.25, -0.2) is 0 Å². The van der Waals surface area contributed by atoms with Gasteiger partial charge in [-0.1, -0.05) is 51.3 Å². The second-order valence-corrected chi connectivity index (χ2v) is 7.77. The van der Waals surface area contributed by atoms with Crippen molar-refractivity contribution in [1.82, 2.24) is 5.32 Å². The zero-order valence-corrected chi connectivity index (χ0v) is 14.2. The van der Waals surface area contributed by atoms with Crippen molar-refractivity contribution in [3.8, 4) is 0 Å². The average molecular weight is 391 g/mol. The number of carbonyl (C=O) groups excluding carboxylic acids is 1. The lowest BCUT2D eigenvalue weighted by molar-refractivity contribution is 0.0946. The molecular formula is C14H10BrCl2NOS. The van der Waals surface area contributed by atoms with Gasteiger partial charge in [0.1, 0.15) is 0 Å². The van der Waals surface area contributed by atoms with E-state index in [1.54, 1.807) is 0 Å². The Bertz CT molecular complexity index is 686. The van der Waals surface area contributed by atoms with Crippen LogP contribution in [0.3, 0.4) is 0 Å². The molecule has 1 aliphatic heterocycles. The number of alkyl halides is 1. The molecule has 1 atom stereocenters. The minimum atomic E-state index is -0.0706. The lowest BCUT2D eigenvalue weighted by atomic mass is 9.96. The summed E-state index contributed by atoms with van der Waals surface area (Å²) in [5, 5.41) is 2.86. The summed E-state index contributed by atoms with van der Waals surface area (Å²) in [6.45, 7) is 0.703. The number of hydrogen-bond acceptors (Lipinski definition) is 2. The molecule has 0 bridgehead atoms. The van der Waals surface area contributed by atoms with E-state index in [4.69, 9.17) is 23.2 Å². The number of halogens is 3. The number of rotatable bonds is 2. The third-order valence-corrected chi connectivity index (χ3v) is 5.85. The zero-order chi connectivity index (χ0) is 14.3. The third-order valence-electron chi connectivity index (χ3n) is 3.31. The molecule has 1 unspecified atom stereocenters. The number of carbonyl (C=O) groups is 1. The van der Waals surface area contributed by atoms with Crippen molar-refractivity contribution in [1.29, 1.82) is 0 Å². The molecule has 0 saturated heterocycles. The minimum Gasteiger partial charge on any atom is -0.352 e. The van der Waals surface area contributed by atoms with Crippen molar-refractivity contribution in [2.45, 2.75) is 11.2 Å². The van der Waals surface area contributed by atoms with Crippen molar-refractivity contribution in [3.63, 3.8) is 0 Å². The lowest BCUT2D eigenvalue weighted by Crippen LogP contribution is -2.31. The normalized spacial score (nSPS) is 15.7. The first-order valence-corrected chi connectivity index (χ1v) is 8.55. The minimum absolute atomic E-state index is 0.0118. The molecule has 1 aromatic heterocycles. The molecule has 3 rings (SSSR count). The Kier molecular flexibility index (Phi) is 4.09. The van der Waals surface area contributed by atoms with Gasteiger partial charge in [-0.2, -0.15) is 0 Å². The Hall–Kier alpha value is -0.550. The fourth-order valence-corrected chi connectivity index (χ4v) is 4.75. The first-order valence-electron chi connectivity index (χ1n) is 6.06. The topological polar surface area (TPSA) is 29.1 Å². The SMILES string of the molecule is O=C1NCCc2ccc(C(Br)c3cc(Cl)sc3Cl)cc21. The maximum Gasteiger partial charge on any atom is 0.251 e. The first kappa shape index (κ1) is 14.4. The van der Waals surface area contributed by atoms with Crippen molar-refractivity contribution in [3.05, 3.63) is 55.2 Å². The number of benzene rings is 1. The number of hydrogen-bond donors (Lipinski definition) is 1. The zero-order valence-electron chi connectivity index (χ0n) is 10.3. The highest BCUT2D eigenvalue weighted by molar-refractivity contribution is 9.09. The Balaban J connectivity index is 2.00. The molecule has 1 aliphatic rings. The van der Waals surface area contributed by atoms with Gasteiger partial charge < -0.3 is 5.32 Å². The van der Waals surface area contributed by atoms with Gasteiger partial charge in [0.25, 0.3) is 5.91 Å². The summed E-state index contributed by atoms with van der Waals surface area (Å²) in [7, 11) is 0. The summed E-state index contributed by atoms with van der Waals surface area (Å²) in [5.41, 5.74) is 3.76. The smallest absolute Gasteiger partial charge is 0.251 e. The second-order valence-electron chi connectivity index (χ2n) is 4.56. The van der Waals surface area contributed by atoms with Gasteiger partial charge in [0.15, 0.2) is 0 Å². The molecule has 6 heteroatoms. The van der Waals surface area contributed by atoms with Crippen LogP contribution in [0.4, 0.5) is 0 Å². The molecule has 1 N–H and O–H groups in total. The standard InChI is InChI=1S/C14H10BrCl2NOS/c15-12(10-6-11(16)20-13(10)17)8-2-1-7-3-4-18-14(19)9(7)5-8/h1-2,5-6,12H,3-4H2,(H,18,19). The van der Waals surface area contributed by atoms with Crippen LogP contribution in [-0.2, 0) is 6.42 Å². The van der Waals surface area contributed by atoms with Crippen LogP contribution in [0.2, 0.25) is 8.67 Å². The van der Waals surface area contributed by atoms with Crippen LogP contribution in [0, 0.1) is 0 Å². The van der Waals surface area contributed by atoms with E-state index in [1.807, 2.05) is 24.3 Å². The van der Waals surface area contributed by atoms with Gasteiger partial charge in [-0.05, 0) is 29.7 Å². The van der Waals surface area contributed by atoms with Crippen LogP contribution in [-0.4, -0.2) is 12.5 Å².